The van der Waals surface area contributed by atoms with Crippen molar-refractivity contribution in [3.05, 3.63) is 59.9 Å². The van der Waals surface area contributed by atoms with Crippen LogP contribution in [0.25, 0.3) is 0 Å². The fourth-order valence-electron chi connectivity index (χ4n) is 3.70. The molecule has 1 saturated heterocycles. The number of anilines is 1. The van der Waals surface area contributed by atoms with Gasteiger partial charge in [-0.15, -0.1) is 0 Å². The highest BCUT2D eigenvalue weighted by Gasteiger charge is 2.30. The van der Waals surface area contributed by atoms with E-state index in [-0.39, 0.29) is 18.4 Å². The lowest BCUT2D eigenvalue weighted by molar-refractivity contribution is -0.140. The highest BCUT2D eigenvalue weighted by atomic mass is 16.2. The SMILES string of the molecule is Cc1cccc(NC(=O)NC2CCCCN(CC(=O)N(C)CCc3ccncc3)C2=O)c1. The number of hydrogen-bond donors (Lipinski definition) is 2. The summed E-state index contributed by atoms with van der Waals surface area (Å²) in [5.74, 6) is -0.324. The number of nitrogens with zero attached hydrogens (tertiary/aromatic N) is 3. The lowest BCUT2D eigenvalue weighted by Crippen LogP contribution is -2.51. The van der Waals surface area contributed by atoms with Crippen LogP contribution in [0.4, 0.5) is 10.5 Å². The first-order valence-corrected chi connectivity index (χ1v) is 11.0. The number of amides is 4. The molecule has 0 aliphatic carbocycles. The van der Waals surface area contributed by atoms with Crippen LogP contribution in [-0.4, -0.2) is 65.4 Å². The fourth-order valence-corrected chi connectivity index (χ4v) is 3.70. The molecule has 4 amide bonds. The van der Waals surface area contributed by atoms with E-state index in [0.29, 0.717) is 25.2 Å². The number of aryl methyl sites for hydroxylation is 1. The van der Waals surface area contributed by atoms with Crippen molar-refractivity contribution >= 4 is 23.5 Å². The van der Waals surface area contributed by atoms with Gasteiger partial charge >= 0.3 is 6.03 Å². The van der Waals surface area contributed by atoms with Gasteiger partial charge in [0.25, 0.3) is 0 Å². The van der Waals surface area contributed by atoms with Gasteiger partial charge in [0.1, 0.15) is 6.04 Å². The lowest BCUT2D eigenvalue weighted by atomic mass is 10.1. The predicted octanol–water partition coefficient (Wildman–Crippen LogP) is 2.59. The number of likely N-dealkylation sites (N-methyl/N-ethyl adjacent to an activating group) is 1. The molecule has 1 atom stereocenters. The van der Waals surface area contributed by atoms with Crippen molar-refractivity contribution in [2.75, 3.05) is 32.0 Å². The predicted molar refractivity (Wildman–Crippen MR) is 123 cm³/mol. The van der Waals surface area contributed by atoms with E-state index < -0.39 is 12.1 Å². The zero-order valence-electron chi connectivity index (χ0n) is 18.7. The molecule has 2 heterocycles. The summed E-state index contributed by atoms with van der Waals surface area (Å²) in [7, 11) is 1.75. The van der Waals surface area contributed by atoms with Crippen molar-refractivity contribution in [1.29, 1.82) is 0 Å². The van der Waals surface area contributed by atoms with Crippen LogP contribution >= 0.6 is 0 Å². The first-order valence-electron chi connectivity index (χ1n) is 11.0. The van der Waals surface area contributed by atoms with Crippen molar-refractivity contribution in [3.8, 4) is 0 Å². The lowest BCUT2D eigenvalue weighted by Gasteiger charge is -2.27. The van der Waals surface area contributed by atoms with Crippen LogP contribution in [0.1, 0.15) is 30.4 Å². The second-order valence-electron chi connectivity index (χ2n) is 8.20. The van der Waals surface area contributed by atoms with E-state index in [1.54, 1.807) is 35.3 Å². The van der Waals surface area contributed by atoms with E-state index >= 15 is 0 Å². The molecule has 1 aliphatic rings. The molecule has 1 fully saturated rings. The number of carbonyl (C=O) groups excluding carboxylic acids is 3. The third kappa shape index (κ3) is 6.80. The van der Waals surface area contributed by atoms with Crippen LogP contribution in [-0.2, 0) is 16.0 Å². The van der Waals surface area contributed by atoms with Crippen molar-refractivity contribution in [1.82, 2.24) is 20.1 Å². The minimum absolute atomic E-state index is 0.0172. The van der Waals surface area contributed by atoms with Crippen molar-refractivity contribution in [2.45, 2.75) is 38.6 Å². The number of benzene rings is 1. The number of rotatable bonds is 7. The molecular weight excluding hydrogens is 406 g/mol. The molecule has 8 nitrogen and oxygen atoms in total. The topological polar surface area (TPSA) is 94.6 Å². The Morgan fingerprint density at radius 1 is 1.19 bits per heavy atom. The van der Waals surface area contributed by atoms with E-state index in [1.165, 1.54) is 0 Å². The highest BCUT2D eigenvalue weighted by Crippen LogP contribution is 2.14. The number of urea groups is 1. The average Bonchev–Trinajstić information content (AvgIpc) is 2.94. The number of nitrogens with one attached hydrogen (secondary N) is 2. The molecule has 2 aromatic rings. The molecule has 3 rings (SSSR count). The van der Waals surface area contributed by atoms with Gasteiger partial charge in [-0.3, -0.25) is 14.6 Å². The third-order valence-electron chi connectivity index (χ3n) is 5.60. The number of likely N-dealkylation sites (tertiary alicyclic amines) is 1. The van der Waals surface area contributed by atoms with Crippen LogP contribution in [0.3, 0.4) is 0 Å². The van der Waals surface area contributed by atoms with Gasteiger partial charge in [-0.2, -0.15) is 0 Å². The molecule has 0 radical (unpaired) electrons. The summed E-state index contributed by atoms with van der Waals surface area (Å²) in [5.41, 5.74) is 2.81. The minimum atomic E-state index is -0.641. The van der Waals surface area contributed by atoms with Gasteiger partial charge in [0, 0.05) is 38.2 Å². The Morgan fingerprint density at radius 3 is 2.72 bits per heavy atom. The van der Waals surface area contributed by atoms with E-state index in [4.69, 9.17) is 0 Å². The molecule has 2 N–H and O–H groups in total. The van der Waals surface area contributed by atoms with Crippen molar-refractivity contribution in [3.63, 3.8) is 0 Å². The summed E-state index contributed by atoms with van der Waals surface area (Å²) in [6.45, 7) is 3.04. The van der Waals surface area contributed by atoms with Gasteiger partial charge in [0.2, 0.25) is 11.8 Å². The van der Waals surface area contributed by atoms with Gasteiger partial charge in [-0.05, 0) is 68.0 Å². The quantitative estimate of drug-likeness (QED) is 0.696. The summed E-state index contributed by atoms with van der Waals surface area (Å²) < 4.78 is 0. The van der Waals surface area contributed by atoms with Crippen LogP contribution < -0.4 is 10.6 Å². The fraction of sp³-hybridized carbons (Fsp3) is 0.417. The van der Waals surface area contributed by atoms with E-state index in [9.17, 15) is 14.4 Å². The highest BCUT2D eigenvalue weighted by molar-refractivity contribution is 5.94. The first-order chi connectivity index (χ1) is 15.4. The molecule has 32 heavy (non-hydrogen) atoms. The van der Waals surface area contributed by atoms with Crippen LogP contribution in [0.5, 0.6) is 0 Å². The largest absolute Gasteiger partial charge is 0.344 e. The summed E-state index contributed by atoms with van der Waals surface area (Å²) in [6, 6.07) is 10.3. The van der Waals surface area contributed by atoms with E-state index in [1.807, 2.05) is 37.3 Å². The standard InChI is InChI=1S/C24H31N5O3/c1-18-6-5-7-20(16-18)26-24(32)27-21-8-3-4-14-29(23(21)31)17-22(30)28(2)15-11-19-9-12-25-13-10-19/h5-7,9-10,12-13,16,21H,3-4,8,11,14-15,17H2,1-2H3,(H2,26,27,32). The second-order valence-corrected chi connectivity index (χ2v) is 8.20. The Morgan fingerprint density at radius 2 is 1.97 bits per heavy atom. The molecule has 1 aromatic carbocycles. The summed E-state index contributed by atoms with van der Waals surface area (Å²) in [5, 5.41) is 5.56. The average molecular weight is 438 g/mol. The van der Waals surface area contributed by atoms with Crippen LogP contribution in [0.15, 0.2) is 48.8 Å². The molecule has 1 aromatic heterocycles. The molecule has 0 saturated carbocycles. The summed E-state index contributed by atoms with van der Waals surface area (Å²) in [4.78, 5) is 45.4. The third-order valence-corrected chi connectivity index (χ3v) is 5.60. The molecular formula is C24H31N5O3. The molecule has 8 heteroatoms. The van der Waals surface area contributed by atoms with Gasteiger partial charge in [0.15, 0.2) is 0 Å². The van der Waals surface area contributed by atoms with Gasteiger partial charge < -0.3 is 20.4 Å². The maximum atomic E-state index is 13.0. The van der Waals surface area contributed by atoms with Crippen LogP contribution in [0.2, 0.25) is 0 Å². The molecule has 0 bridgehead atoms. The van der Waals surface area contributed by atoms with E-state index in [2.05, 4.69) is 15.6 Å². The molecule has 1 aliphatic heterocycles. The maximum Gasteiger partial charge on any atom is 0.319 e. The zero-order valence-corrected chi connectivity index (χ0v) is 18.7. The monoisotopic (exact) mass is 437 g/mol. The summed E-state index contributed by atoms with van der Waals surface area (Å²) >= 11 is 0. The minimum Gasteiger partial charge on any atom is -0.344 e. The Balaban J connectivity index is 1.53. The second kappa shape index (κ2) is 11.3. The Bertz CT molecular complexity index is 934. The molecule has 1 unspecified atom stereocenters. The number of pyridine rings is 1. The molecule has 0 spiro atoms. The van der Waals surface area contributed by atoms with Gasteiger partial charge in [0.05, 0.1) is 6.54 Å². The number of aromatic nitrogens is 1. The number of hydrogen-bond acceptors (Lipinski definition) is 4. The van der Waals surface area contributed by atoms with Crippen molar-refractivity contribution in [2.24, 2.45) is 0 Å². The smallest absolute Gasteiger partial charge is 0.319 e. The normalized spacial score (nSPS) is 16.2. The Kier molecular flexibility index (Phi) is 8.19. The van der Waals surface area contributed by atoms with Gasteiger partial charge in [-0.25, -0.2) is 4.79 Å². The van der Waals surface area contributed by atoms with Gasteiger partial charge in [-0.1, -0.05) is 12.1 Å². The van der Waals surface area contributed by atoms with Crippen molar-refractivity contribution < 1.29 is 14.4 Å². The number of carbonyl (C=O) groups is 3. The van der Waals surface area contributed by atoms with Crippen LogP contribution in [0, 0.1) is 6.92 Å². The van der Waals surface area contributed by atoms with E-state index in [0.717, 1.165) is 30.4 Å². The Labute approximate surface area is 189 Å². The summed E-state index contributed by atoms with van der Waals surface area (Å²) in [6.07, 6.45) is 6.36. The Hall–Kier alpha value is -3.42. The zero-order chi connectivity index (χ0) is 22.9. The molecule has 170 valence electrons. The first kappa shape index (κ1) is 23.2. The maximum absolute atomic E-state index is 13.0.